The molecule has 7 heteroatoms. The number of amides is 2. The Hall–Kier alpha value is -1.89. The van der Waals surface area contributed by atoms with Crippen LogP contribution in [0, 0.1) is 5.92 Å². The maximum absolute atomic E-state index is 12.2. The van der Waals surface area contributed by atoms with Crippen LogP contribution in [0.5, 0.6) is 0 Å². The summed E-state index contributed by atoms with van der Waals surface area (Å²) in [5.41, 5.74) is 0.603. The third-order valence-corrected chi connectivity index (χ3v) is 4.06. The number of halogens is 1. The Morgan fingerprint density at radius 2 is 1.78 bits per heavy atom. The highest BCUT2D eigenvalue weighted by Gasteiger charge is 2.25. The zero-order chi connectivity index (χ0) is 17.4. The first-order chi connectivity index (χ1) is 10.8. The number of hydrogen-bond donors (Lipinski definition) is 3. The summed E-state index contributed by atoms with van der Waals surface area (Å²) in [7, 11) is 0. The van der Waals surface area contributed by atoms with Gasteiger partial charge >= 0.3 is 12.0 Å². The van der Waals surface area contributed by atoms with Gasteiger partial charge in [0.1, 0.15) is 0 Å². The van der Waals surface area contributed by atoms with Gasteiger partial charge in [0, 0.05) is 16.6 Å². The van der Waals surface area contributed by atoms with Crippen LogP contribution >= 0.6 is 15.9 Å². The summed E-state index contributed by atoms with van der Waals surface area (Å²) < 4.78 is 0.893. The molecule has 0 unspecified atom stereocenters. The number of anilines is 1. The minimum atomic E-state index is -1.03. The minimum Gasteiger partial charge on any atom is -0.481 e. The van der Waals surface area contributed by atoms with Crippen molar-refractivity contribution in [3.63, 3.8) is 0 Å². The lowest BCUT2D eigenvalue weighted by atomic mass is 9.93. The van der Waals surface area contributed by atoms with E-state index in [2.05, 4.69) is 26.6 Å². The minimum absolute atomic E-state index is 0.0769. The molecule has 1 rings (SSSR count). The van der Waals surface area contributed by atoms with Gasteiger partial charge in [0.15, 0.2) is 5.78 Å². The van der Waals surface area contributed by atoms with Gasteiger partial charge in [-0.1, -0.05) is 36.2 Å². The lowest BCUT2D eigenvalue weighted by Crippen LogP contribution is -2.46. The van der Waals surface area contributed by atoms with Crippen LogP contribution in [-0.2, 0) is 9.59 Å². The monoisotopic (exact) mass is 384 g/mol. The summed E-state index contributed by atoms with van der Waals surface area (Å²) >= 11 is 3.31. The number of aliphatic carboxylic acids is 1. The maximum atomic E-state index is 12.2. The summed E-state index contributed by atoms with van der Waals surface area (Å²) in [6.07, 6.45) is 0.368. The SMILES string of the molecule is CC[C@@H](C)[C@@H](NC(=O)Nc1ccc(Br)cc1)C(=O)CCC(=O)O. The van der Waals surface area contributed by atoms with E-state index in [9.17, 15) is 14.4 Å². The van der Waals surface area contributed by atoms with Crippen molar-refractivity contribution in [1.82, 2.24) is 5.32 Å². The molecule has 0 aliphatic carbocycles. The second kappa shape index (κ2) is 9.29. The molecule has 126 valence electrons. The van der Waals surface area contributed by atoms with Gasteiger partial charge < -0.3 is 15.7 Å². The number of carbonyl (C=O) groups is 3. The first-order valence-corrected chi connectivity index (χ1v) is 8.20. The predicted octanol–water partition coefficient (Wildman–Crippen LogP) is 3.42. The maximum Gasteiger partial charge on any atom is 0.319 e. The van der Waals surface area contributed by atoms with Crippen LogP contribution in [0.1, 0.15) is 33.1 Å². The number of urea groups is 1. The first-order valence-electron chi connectivity index (χ1n) is 7.41. The van der Waals surface area contributed by atoms with Crippen molar-refractivity contribution in [1.29, 1.82) is 0 Å². The van der Waals surface area contributed by atoms with Gasteiger partial charge in [-0.05, 0) is 30.2 Å². The molecule has 1 aromatic carbocycles. The zero-order valence-corrected chi connectivity index (χ0v) is 14.7. The van der Waals surface area contributed by atoms with Crippen LogP contribution in [0.2, 0.25) is 0 Å². The molecule has 0 heterocycles. The van der Waals surface area contributed by atoms with Crippen molar-refractivity contribution < 1.29 is 19.5 Å². The van der Waals surface area contributed by atoms with Gasteiger partial charge in [-0.2, -0.15) is 0 Å². The molecular formula is C16H21BrN2O4. The van der Waals surface area contributed by atoms with E-state index < -0.39 is 18.0 Å². The molecule has 0 saturated carbocycles. The highest BCUT2D eigenvalue weighted by Crippen LogP contribution is 2.15. The number of ketones is 1. The number of nitrogens with one attached hydrogen (secondary N) is 2. The summed E-state index contributed by atoms with van der Waals surface area (Å²) in [6, 6.07) is 5.86. The van der Waals surface area contributed by atoms with Crippen LogP contribution in [0.15, 0.2) is 28.7 Å². The molecule has 3 N–H and O–H groups in total. The normalized spacial score (nSPS) is 13.0. The van der Waals surface area contributed by atoms with E-state index in [-0.39, 0.29) is 24.5 Å². The Kier molecular flexibility index (Phi) is 7.74. The van der Waals surface area contributed by atoms with Crippen LogP contribution in [0.25, 0.3) is 0 Å². The smallest absolute Gasteiger partial charge is 0.319 e. The van der Waals surface area contributed by atoms with Gasteiger partial charge in [0.2, 0.25) is 0 Å². The number of Topliss-reactive ketones (excluding diaryl/α,β-unsaturated/α-hetero) is 1. The molecule has 0 saturated heterocycles. The number of carboxylic acid groups (broad SMARTS) is 1. The largest absolute Gasteiger partial charge is 0.481 e. The van der Waals surface area contributed by atoms with Gasteiger partial charge in [-0.25, -0.2) is 4.79 Å². The first kappa shape index (κ1) is 19.2. The standard InChI is InChI=1S/C16H21BrN2O4/c1-3-10(2)15(13(20)8-9-14(21)22)19-16(23)18-12-6-4-11(17)5-7-12/h4-7,10,15H,3,8-9H2,1-2H3,(H,21,22)(H2,18,19,23)/t10-,15-/m1/s1. The Balaban J connectivity index is 2.68. The fourth-order valence-electron chi connectivity index (χ4n) is 2.00. The van der Waals surface area contributed by atoms with E-state index in [1.54, 1.807) is 24.3 Å². The van der Waals surface area contributed by atoms with Crippen molar-refractivity contribution in [2.45, 2.75) is 39.2 Å². The van der Waals surface area contributed by atoms with E-state index >= 15 is 0 Å². The molecule has 0 spiro atoms. The Bertz CT molecular complexity index is 560. The third-order valence-electron chi connectivity index (χ3n) is 3.53. The average Bonchev–Trinajstić information content (AvgIpc) is 2.51. The molecule has 0 fully saturated rings. The summed E-state index contributed by atoms with van der Waals surface area (Å²) in [4.78, 5) is 34.8. The molecule has 23 heavy (non-hydrogen) atoms. The quantitative estimate of drug-likeness (QED) is 0.639. The van der Waals surface area contributed by atoms with E-state index in [1.807, 2.05) is 13.8 Å². The second-order valence-corrected chi connectivity index (χ2v) is 6.24. The molecular weight excluding hydrogens is 364 g/mol. The Morgan fingerprint density at radius 1 is 1.17 bits per heavy atom. The summed E-state index contributed by atoms with van der Waals surface area (Å²) in [5.74, 6) is -1.37. The fourth-order valence-corrected chi connectivity index (χ4v) is 2.27. The molecule has 0 aliphatic heterocycles. The topological polar surface area (TPSA) is 95.5 Å². The van der Waals surface area contributed by atoms with Crippen molar-refractivity contribution in [3.05, 3.63) is 28.7 Å². The summed E-state index contributed by atoms with van der Waals surface area (Å²) in [6.45, 7) is 3.76. The van der Waals surface area contributed by atoms with Crippen LogP contribution in [-0.4, -0.2) is 28.9 Å². The number of rotatable bonds is 8. The molecule has 0 bridgehead atoms. The van der Waals surface area contributed by atoms with E-state index in [4.69, 9.17) is 5.11 Å². The van der Waals surface area contributed by atoms with Crippen LogP contribution in [0.4, 0.5) is 10.5 Å². The van der Waals surface area contributed by atoms with Crippen LogP contribution < -0.4 is 10.6 Å². The van der Waals surface area contributed by atoms with Crippen molar-refractivity contribution in [2.75, 3.05) is 5.32 Å². The average molecular weight is 385 g/mol. The number of benzene rings is 1. The molecule has 0 radical (unpaired) electrons. The van der Waals surface area contributed by atoms with E-state index in [0.29, 0.717) is 12.1 Å². The highest BCUT2D eigenvalue weighted by molar-refractivity contribution is 9.10. The fraction of sp³-hybridized carbons (Fsp3) is 0.438. The van der Waals surface area contributed by atoms with Gasteiger partial charge in [-0.3, -0.25) is 9.59 Å². The van der Waals surface area contributed by atoms with Gasteiger partial charge in [0.25, 0.3) is 0 Å². The van der Waals surface area contributed by atoms with Gasteiger partial charge in [-0.15, -0.1) is 0 Å². The second-order valence-electron chi connectivity index (χ2n) is 5.33. The van der Waals surface area contributed by atoms with E-state index in [1.165, 1.54) is 0 Å². The Labute approximate surface area is 143 Å². The summed E-state index contributed by atoms with van der Waals surface area (Å²) in [5, 5.41) is 14.0. The predicted molar refractivity (Wildman–Crippen MR) is 91.4 cm³/mol. The van der Waals surface area contributed by atoms with Crippen molar-refractivity contribution >= 4 is 39.4 Å². The number of carbonyl (C=O) groups excluding carboxylic acids is 2. The van der Waals surface area contributed by atoms with Crippen molar-refractivity contribution in [2.24, 2.45) is 5.92 Å². The molecule has 2 amide bonds. The molecule has 2 atom stereocenters. The van der Waals surface area contributed by atoms with Gasteiger partial charge in [0.05, 0.1) is 12.5 Å². The molecule has 0 aromatic heterocycles. The van der Waals surface area contributed by atoms with Crippen LogP contribution in [0.3, 0.4) is 0 Å². The molecule has 0 aliphatic rings. The highest BCUT2D eigenvalue weighted by atomic mass is 79.9. The molecule has 1 aromatic rings. The van der Waals surface area contributed by atoms with E-state index in [0.717, 1.165) is 4.47 Å². The zero-order valence-electron chi connectivity index (χ0n) is 13.1. The number of hydrogen-bond acceptors (Lipinski definition) is 3. The Morgan fingerprint density at radius 3 is 2.30 bits per heavy atom. The van der Waals surface area contributed by atoms with Crippen molar-refractivity contribution in [3.8, 4) is 0 Å². The third kappa shape index (κ3) is 6.81. The lowest BCUT2D eigenvalue weighted by Gasteiger charge is -2.23. The molecule has 6 nitrogen and oxygen atoms in total. The lowest BCUT2D eigenvalue weighted by molar-refractivity contribution is -0.138. The number of carboxylic acids is 1.